The third kappa shape index (κ3) is 5.67. The SMILES string of the molecule is CC1CN(C)CCN1c1cc(NC(=O)Cn2cc(-c3cc(Cl)c(O)c(C(N)=O)c3)c3c(=O)n4c(nc32)CC(C)(C)C4)c(Cl)c(F)n1. The molecule has 0 spiro atoms. The highest BCUT2D eigenvalue weighted by molar-refractivity contribution is 6.34. The number of rotatable bonds is 6. The summed E-state index contributed by atoms with van der Waals surface area (Å²) in [7, 11) is 2.01. The number of anilines is 2. The molecule has 2 aliphatic rings. The minimum atomic E-state index is -0.909. The van der Waals surface area contributed by atoms with E-state index in [1.165, 1.54) is 16.7 Å². The number of phenols is 1. The number of hydrogen-bond donors (Lipinski definition) is 3. The van der Waals surface area contributed by atoms with Crippen molar-refractivity contribution < 1.29 is 19.1 Å². The number of aromatic nitrogens is 4. The molecule has 2 amide bonds. The normalized spacial score (nSPS) is 17.8. The molecule has 0 bridgehead atoms. The molecule has 4 aromatic rings. The number of carbonyl (C=O) groups excluding carboxylic acids is 2. The second kappa shape index (κ2) is 11.6. The van der Waals surface area contributed by atoms with Crippen LogP contribution < -0.4 is 21.5 Å². The average molecular weight is 672 g/mol. The van der Waals surface area contributed by atoms with Gasteiger partial charge in [-0.3, -0.25) is 19.0 Å². The zero-order valence-electron chi connectivity index (χ0n) is 25.7. The average Bonchev–Trinajstić information content (AvgIpc) is 3.48. The number of halogens is 3. The number of primary amides is 1. The summed E-state index contributed by atoms with van der Waals surface area (Å²) in [5.41, 5.74) is 5.66. The largest absolute Gasteiger partial charge is 0.506 e. The van der Waals surface area contributed by atoms with Gasteiger partial charge in [-0.1, -0.05) is 37.0 Å². The minimum Gasteiger partial charge on any atom is -0.506 e. The molecular weight excluding hydrogens is 638 g/mol. The number of nitrogens with zero attached hydrogens (tertiary/aromatic N) is 6. The quantitative estimate of drug-likeness (QED) is 0.262. The van der Waals surface area contributed by atoms with Crippen LogP contribution in [-0.2, 0) is 24.3 Å². The molecule has 12 nitrogen and oxygen atoms in total. The molecule has 0 radical (unpaired) electrons. The molecule has 15 heteroatoms. The molecule has 1 atom stereocenters. The Labute approximate surface area is 273 Å². The van der Waals surface area contributed by atoms with E-state index in [1.807, 2.05) is 32.7 Å². The summed E-state index contributed by atoms with van der Waals surface area (Å²) in [4.78, 5) is 52.5. The van der Waals surface area contributed by atoms with Gasteiger partial charge in [0.05, 0.1) is 21.7 Å². The second-order valence-electron chi connectivity index (χ2n) is 12.8. The summed E-state index contributed by atoms with van der Waals surface area (Å²) in [6.07, 6.45) is 2.10. The van der Waals surface area contributed by atoms with Crippen molar-refractivity contribution in [2.45, 2.75) is 46.3 Å². The van der Waals surface area contributed by atoms with E-state index in [9.17, 15) is 23.9 Å². The van der Waals surface area contributed by atoms with Crippen molar-refractivity contribution in [3.63, 3.8) is 0 Å². The van der Waals surface area contributed by atoms with E-state index in [-0.39, 0.29) is 55.9 Å². The van der Waals surface area contributed by atoms with Crippen molar-refractivity contribution in [2.75, 3.05) is 36.9 Å². The summed E-state index contributed by atoms with van der Waals surface area (Å²) in [6.45, 7) is 8.35. The zero-order chi connectivity index (χ0) is 33.2. The van der Waals surface area contributed by atoms with Crippen molar-refractivity contribution in [3.8, 4) is 16.9 Å². The minimum absolute atomic E-state index is 0.0560. The van der Waals surface area contributed by atoms with E-state index in [0.717, 1.165) is 13.1 Å². The topological polar surface area (TPSA) is 152 Å². The van der Waals surface area contributed by atoms with Gasteiger partial charge in [0.25, 0.3) is 11.5 Å². The van der Waals surface area contributed by atoms with Crippen LogP contribution in [0.2, 0.25) is 10.0 Å². The number of nitrogens with one attached hydrogen (secondary N) is 1. The van der Waals surface area contributed by atoms with Gasteiger partial charge in [0.1, 0.15) is 34.6 Å². The molecular formula is C31H33Cl2FN8O4. The molecule has 3 aromatic heterocycles. The molecule has 1 aromatic carbocycles. The van der Waals surface area contributed by atoms with Crippen LogP contribution in [0, 0.1) is 11.4 Å². The van der Waals surface area contributed by atoms with Crippen LogP contribution >= 0.6 is 23.2 Å². The molecule has 1 saturated heterocycles. The van der Waals surface area contributed by atoms with Gasteiger partial charge in [0.2, 0.25) is 11.9 Å². The zero-order valence-corrected chi connectivity index (χ0v) is 27.2. The van der Waals surface area contributed by atoms with Crippen molar-refractivity contribution in [1.29, 1.82) is 0 Å². The van der Waals surface area contributed by atoms with Gasteiger partial charge < -0.3 is 30.5 Å². The Morgan fingerprint density at radius 3 is 2.63 bits per heavy atom. The first-order chi connectivity index (χ1) is 21.6. The Hall–Kier alpha value is -4.20. The summed E-state index contributed by atoms with van der Waals surface area (Å²) in [5, 5.41) is 12.7. The molecule has 4 N–H and O–H groups in total. The molecule has 5 heterocycles. The third-order valence-corrected chi connectivity index (χ3v) is 9.18. The van der Waals surface area contributed by atoms with Gasteiger partial charge in [-0.05, 0) is 37.1 Å². The van der Waals surface area contributed by atoms with Gasteiger partial charge in [-0.25, -0.2) is 9.97 Å². The Morgan fingerprint density at radius 1 is 1.20 bits per heavy atom. The number of pyridine rings is 1. The first kappa shape index (κ1) is 31.8. The lowest BCUT2D eigenvalue weighted by atomic mass is 9.92. The van der Waals surface area contributed by atoms with Crippen molar-refractivity contribution in [3.05, 3.63) is 62.1 Å². The Morgan fingerprint density at radius 2 is 1.93 bits per heavy atom. The van der Waals surface area contributed by atoms with Gasteiger partial charge in [0, 0.05) is 56.5 Å². The maximum atomic E-state index is 14.9. The molecule has 1 unspecified atom stereocenters. The summed E-state index contributed by atoms with van der Waals surface area (Å²) >= 11 is 12.5. The van der Waals surface area contributed by atoms with E-state index in [1.54, 1.807) is 16.8 Å². The first-order valence-electron chi connectivity index (χ1n) is 14.7. The maximum absolute atomic E-state index is 14.9. The third-order valence-electron chi connectivity index (χ3n) is 8.53. The van der Waals surface area contributed by atoms with Crippen molar-refractivity contribution in [2.24, 2.45) is 11.1 Å². The summed E-state index contributed by atoms with van der Waals surface area (Å²) in [6, 6.07) is 4.35. The monoisotopic (exact) mass is 670 g/mol. The fraction of sp³-hybridized carbons (Fsp3) is 0.387. The van der Waals surface area contributed by atoms with E-state index < -0.39 is 23.5 Å². The molecule has 0 aliphatic carbocycles. The number of likely N-dealkylation sites (N-methyl/N-ethyl adjacent to an activating group) is 1. The van der Waals surface area contributed by atoms with Gasteiger partial charge in [0.15, 0.2) is 0 Å². The van der Waals surface area contributed by atoms with E-state index in [0.29, 0.717) is 42.3 Å². The fourth-order valence-corrected chi connectivity index (χ4v) is 6.71. The first-order valence-corrected chi connectivity index (χ1v) is 15.5. The number of piperazine rings is 1. The predicted molar refractivity (Wildman–Crippen MR) is 174 cm³/mol. The van der Waals surface area contributed by atoms with Crippen LogP contribution in [0.4, 0.5) is 15.9 Å². The van der Waals surface area contributed by atoms with Crippen LogP contribution in [0.1, 0.15) is 37.0 Å². The standard InChI is InChI=1S/C31H33Cl2FN8O4/c1-15-11-39(4)5-6-41(15)21-9-20(25(33)27(34)37-21)36-23(43)13-40-12-18(16-7-17(28(35)45)26(44)19(32)8-16)24-29(40)38-22-10-31(2,3)14-42(22)30(24)46/h7-9,12,15,44H,5-6,10-11,13-14H2,1-4H3,(H2,35,45)(H,36,37,43). The van der Waals surface area contributed by atoms with Crippen LogP contribution in [0.15, 0.2) is 29.2 Å². The number of benzene rings is 1. The Bertz CT molecular complexity index is 1990. The molecule has 2 aliphatic heterocycles. The molecule has 242 valence electrons. The van der Waals surface area contributed by atoms with Crippen LogP contribution in [0.3, 0.4) is 0 Å². The number of aromatic hydroxyl groups is 1. The fourth-order valence-electron chi connectivity index (χ4n) is 6.35. The Kier molecular flexibility index (Phi) is 7.98. The molecule has 6 rings (SSSR count). The number of fused-ring (bicyclic) bond motifs is 2. The molecule has 0 saturated carbocycles. The Balaban J connectivity index is 1.41. The van der Waals surface area contributed by atoms with Crippen LogP contribution in [0.5, 0.6) is 5.75 Å². The highest BCUT2D eigenvalue weighted by Gasteiger charge is 2.33. The van der Waals surface area contributed by atoms with Gasteiger partial charge >= 0.3 is 0 Å². The maximum Gasteiger partial charge on any atom is 0.263 e. The number of nitrogens with two attached hydrogens (primary N) is 1. The number of amides is 2. The lowest BCUT2D eigenvalue weighted by molar-refractivity contribution is -0.116. The van der Waals surface area contributed by atoms with Crippen LogP contribution in [0.25, 0.3) is 22.2 Å². The van der Waals surface area contributed by atoms with Crippen molar-refractivity contribution >= 4 is 57.6 Å². The van der Waals surface area contributed by atoms with E-state index in [4.69, 9.17) is 33.9 Å². The van der Waals surface area contributed by atoms with Gasteiger partial charge in [-0.15, -0.1) is 0 Å². The van der Waals surface area contributed by atoms with Gasteiger partial charge in [-0.2, -0.15) is 4.39 Å². The van der Waals surface area contributed by atoms with E-state index >= 15 is 0 Å². The predicted octanol–water partition coefficient (Wildman–Crippen LogP) is 3.87. The number of hydrogen-bond acceptors (Lipinski definition) is 8. The lowest BCUT2D eigenvalue weighted by Crippen LogP contribution is -2.50. The summed E-state index contributed by atoms with van der Waals surface area (Å²) in [5.74, 6) is -1.93. The lowest BCUT2D eigenvalue weighted by Gasteiger charge is -2.39. The molecule has 46 heavy (non-hydrogen) atoms. The summed E-state index contributed by atoms with van der Waals surface area (Å²) < 4.78 is 18.0. The smallest absolute Gasteiger partial charge is 0.263 e. The van der Waals surface area contributed by atoms with E-state index in [2.05, 4.69) is 15.2 Å². The van der Waals surface area contributed by atoms with Crippen LogP contribution in [-0.4, -0.2) is 73.6 Å². The second-order valence-corrected chi connectivity index (χ2v) is 13.6. The molecule has 1 fully saturated rings. The van der Waals surface area contributed by atoms with Crippen molar-refractivity contribution in [1.82, 2.24) is 24.0 Å². The highest BCUT2D eigenvalue weighted by Crippen LogP contribution is 2.38. The number of carbonyl (C=O) groups is 2. The highest BCUT2D eigenvalue weighted by atomic mass is 35.5.